The van der Waals surface area contributed by atoms with Gasteiger partial charge in [0.25, 0.3) is 11.5 Å². The molecule has 3 N–H and O–H groups in total. The van der Waals surface area contributed by atoms with Crippen molar-refractivity contribution in [2.24, 2.45) is 0 Å². The number of hydrogen-bond donors (Lipinski definition) is 3. The zero-order chi connectivity index (χ0) is 15.2. The number of carboxylic acids is 1. The topological polar surface area (TPSA) is 99.3 Å². The van der Waals surface area contributed by atoms with Gasteiger partial charge in [0.05, 0.1) is 0 Å². The summed E-state index contributed by atoms with van der Waals surface area (Å²) in [6.45, 7) is 0.376. The van der Waals surface area contributed by atoms with E-state index in [4.69, 9.17) is 5.11 Å². The molecular formula is C15H16N2O4. The number of carboxylic acid groups (broad SMARTS) is 1. The third-order valence-electron chi connectivity index (χ3n) is 3.10. The van der Waals surface area contributed by atoms with Gasteiger partial charge in [-0.25, -0.2) is 0 Å². The van der Waals surface area contributed by atoms with E-state index in [9.17, 15) is 14.4 Å². The van der Waals surface area contributed by atoms with Gasteiger partial charge >= 0.3 is 5.97 Å². The fourth-order valence-electron chi connectivity index (χ4n) is 2.03. The summed E-state index contributed by atoms with van der Waals surface area (Å²) in [6, 6.07) is 8.66. The molecule has 0 radical (unpaired) electrons. The number of carbonyl (C=O) groups excluding carboxylic acids is 1. The van der Waals surface area contributed by atoms with Gasteiger partial charge in [-0.2, -0.15) is 0 Å². The van der Waals surface area contributed by atoms with Crippen LogP contribution in [0.25, 0.3) is 10.8 Å². The first-order chi connectivity index (χ1) is 10.1. The number of pyridine rings is 1. The van der Waals surface area contributed by atoms with E-state index in [1.807, 2.05) is 0 Å². The minimum absolute atomic E-state index is 0.0860. The van der Waals surface area contributed by atoms with Crippen molar-refractivity contribution in [1.82, 2.24) is 10.3 Å². The number of hydrogen-bond acceptors (Lipinski definition) is 3. The fraction of sp³-hybridized carbons (Fsp3) is 0.267. The highest BCUT2D eigenvalue weighted by Gasteiger charge is 2.08. The largest absolute Gasteiger partial charge is 0.481 e. The van der Waals surface area contributed by atoms with Crippen LogP contribution >= 0.6 is 0 Å². The quantitative estimate of drug-likeness (QED) is 0.701. The van der Waals surface area contributed by atoms with E-state index in [2.05, 4.69) is 10.3 Å². The first-order valence-electron chi connectivity index (χ1n) is 6.70. The van der Waals surface area contributed by atoms with Crippen molar-refractivity contribution in [3.63, 3.8) is 0 Å². The summed E-state index contributed by atoms with van der Waals surface area (Å²) in [6.07, 6.45) is 1.17. The predicted molar refractivity (Wildman–Crippen MR) is 78.4 cm³/mol. The second kappa shape index (κ2) is 6.69. The highest BCUT2D eigenvalue weighted by Crippen LogP contribution is 2.09. The van der Waals surface area contributed by atoms with Gasteiger partial charge in [-0.3, -0.25) is 14.4 Å². The second-order valence-corrected chi connectivity index (χ2v) is 4.71. The number of aliphatic carboxylic acids is 1. The van der Waals surface area contributed by atoms with E-state index in [1.165, 1.54) is 0 Å². The van der Waals surface area contributed by atoms with Crippen LogP contribution in [0, 0.1) is 0 Å². The molecule has 2 aromatic rings. The lowest BCUT2D eigenvalue weighted by molar-refractivity contribution is -0.137. The van der Waals surface area contributed by atoms with Gasteiger partial charge in [0.2, 0.25) is 0 Å². The molecule has 0 spiro atoms. The van der Waals surface area contributed by atoms with E-state index in [-0.39, 0.29) is 23.6 Å². The minimum atomic E-state index is -0.847. The maximum Gasteiger partial charge on any atom is 0.303 e. The summed E-state index contributed by atoms with van der Waals surface area (Å²) in [5, 5.41) is 12.4. The number of H-pyrrole nitrogens is 1. The summed E-state index contributed by atoms with van der Waals surface area (Å²) in [5.41, 5.74) is -0.0962. The van der Waals surface area contributed by atoms with Crippen LogP contribution in [0.4, 0.5) is 0 Å². The molecule has 1 aromatic carbocycles. The lowest BCUT2D eigenvalue weighted by atomic mass is 10.1. The summed E-state index contributed by atoms with van der Waals surface area (Å²) in [7, 11) is 0. The molecule has 0 atom stereocenters. The third kappa shape index (κ3) is 3.92. The Balaban J connectivity index is 2.00. The number of benzene rings is 1. The van der Waals surface area contributed by atoms with Crippen molar-refractivity contribution in [2.75, 3.05) is 6.54 Å². The fourth-order valence-corrected chi connectivity index (χ4v) is 2.03. The van der Waals surface area contributed by atoms with Gasteiger partial charge in [0.1, 0.15) is 5.69 Å². The van der Waals surface area contributed by atoms with Crippen LogP contribution in [0.2, 0.25) is 0 Å². The van der Waals surface area contributed by atoms with Crippen molar-refractivity contribution in [3.8, 4) is 0 Å². The molecule has 6 heteroatoms. The lowest BCUT2D eigenvalue weighted by Gasteiger charge is -2.05. The van der Waals surface area contributed by atoms with E-state index in [0.29, 0.717) is 30.2 Å². The van der Waals surface area contributed by atoms with Crippen LogP contribution in [-0.4, -0.2) is 28.5 Å². The maximum absolute atomic E-state index is 11.9. The smallest absolute Gasteiger partial charge is 0.303 e. The molecule has 21 heavy (non-hydrogen) atoms. The highest BCUT2D eigenvalue weighted by molar-refractivity contribution is 5.96. The normalized spacial score (nSPS) is 10.5. The predicted octanol–water partition coefficient (Wildman–Crippen LogP) is 1.51. The number of nitrogens with one attached hydrogen (secondary N) is 2. The van der Waals surface area contributed by atoms with Crippen LogP contribution in [0.15, 0.2) is 35.1 Å². The molecule has 2 rings (SSSR count). The molecule has 0 bridgehead atoms. The van der Waals surface area contributed by atoms with E-state index >= 15 is 0 Å². The Bertz CT molecular complexity index is 721. The van der Waals surface area contributed by atoms with Gasteiger partial charge in [-0.15, -0.1) is 0 Å². The van der Waals surface area contributed by atoms with Crippen LogP contribution in [0.3, 0.4) is 0 Å². The second-order valence-electron chi connectivity index (χ2n) is 4.71. The molecule has 0 aliphatic carbocycles. The Morgan fingerprint density at radius 3 is 2.71 bits per heavy atom. The number of aromatic nitrogens is 1. The van der Waals surface area contributed by atoms with Gasteiger partial charge in [-0.1, -0.05) is 18.2 Å². The van der Waals surface area contributed by atoms with Crippen molar-refractivity contribution < 1.29 is 14.7 Å². The number of aromatic amines is 1. The number of unbranched alkanes of at least 4 members (excludes halogenated alkanes) is 1. The van der Waals surface area contributed by atoms with Crippen LogP contribution in [0.5, 0.6) is 0 Å². The van der Waals surface area contributed by atoms with E-state index < -0.39 is 5.97 Å². The molecule has 0 fully saturated rings. The van der Waals surface area contributed by atoms with Crippen LogP contribution in [-0.2, 0) is 4.79 Å². The average Bonchev–Trinajstić information content (AvgIpc) is 2.46. The molecule has 0 aliphatic heterocycles. The maximum atomic E-state index is 11.9. The SMILES string of the molecule is O=C(O)CCCCNC(=O)c1cc2ccccc2c(=O)[nH]1. The molecule has 0 saturated heterocycles. The van der Waals surface area contributed by atoms with Crippen molar-refractivity contribution in [1.29, 1.82) is 0 Å². The first-order valence-corrected chi connectivity index (χ1v) is 6.70. The minimum Gasteiger partial charge on any atom is -0.481 e. The molecular weight excluding hydrogens is 272 g/mol. The Morgan fingerprint density at radius 2 is 1.95 bits per heavy atom. The Labute approximate surface area is 120 Å². The number of carbonyl (C=O) groups is 2. The lowest BCUT2D eigenvalue weighted by Crippen LogP contribution is -2.27. The van der Waals surface area contributed by atoms with E-state index in [0.717, 1.165) is 0 Å². The van der Waals surface area contributed by atoms with Crippen LogP contribution in [0.1, 0.15) is 29.8 Å². The number of amides is 1. The average molecular weight is 288 g/mol. The van der Waals surface area contributed by atoms with Crippen molar-refractivity contribution in [2.45, 2.75) is 19.3 Å². The van der Waals surface area contributed by atoms with Gasteiger partial charge in [0, 0.05) is 18.4 Å². The standard InChI is InChI=1S/C15H16N2O4/c18-13(19)7-3-4-8-16-15(21)12-9-10-5-1-2-6-11(10)14(20)17-12/h1-2,5-6,9H,3-4,7-8H2,(H,16,21)(H,17,20)(H,18,19). The Hall–Kier alpha value is -2.63. The molecule has 1 heterocycles. The van der Waals surface area contributed by atoms with Gasteiger partial charge < -0.3 is 15.4 Å². The van der Waals surface area contributed by atoms with Crippen molar-refractivity contribution in [3.05, 3.63) is 46.4 Å². The first kappa shape index (κ1) is 14.8. The molecule has 0 aliphatic rings. The monoisotopic (exact) mass is 288 g/mol. The molecule has 110 valence electrons. The van der Waals surface area contributed by atoms with E-state index in [1.54, 1.807) is 30.3 Å². The Kier molecular flexibility index (Phi) is 4.71. The third-order valence-corrected chi connectivity index (χ3v) is 3.10. The Morgan fingerprint density at radius 1 is 1.19 bits per heavy atom. The molecule has 1 amide bonds. The zero-order valence-corrected chi connectivity index (χ0v) is 11.4. The van der Waals surface area contributed by atoms with Crippen molar-refractivity contribution >= 4 is 22.6 Å². The summed E-state index contributed by atoms with van der Waals surface area (Å²) < 4.78 is 0. The molecule has 1 aromatic heterocycles. The molecule has 0 unspecified atom stereocenters. The van der Waals surface area contributed by atoms with Gasteiger partial charge in [0.15, 0.2) is 0 Å². The number of fused-ring (bicyclic) bond motifs is 1. The number of rotatable bonds is 6. The highest BCUT2D eigenvalue weighted by atomic mass is 16.4. The van der Waals surface area contributed by atoms with Crippen LogP contribution < -0.4 is 10.9 Å². The summed E-state index contributed by atoms with van der Waals surface area (Å²) >= 11 is 0. The molecule has 6 nitrogen and oxygen atoms in total. The summed E-state index contributed by atoms with van der Waals surface area (Å²) in [5.74, 6) is -1.21. The zero-order valence-electron chi connectivity index (χ0n) is 11.4. The molecule has 0 saturated carbocycles. The van der Waals surface area contributed by atoms with Gasteiger partial charge in [-0.05, 0) is 30.4 Å². The summed E-state index contributed by atoms with van der Waals surface area (Å²) in [4.78, 5) is 36.7.